The number of ketones is 1. The van der Waals surface area contributed by atoms with Gasteiger partial charge in [-0.2, -0.15) is 0 Å². The lowest BCUT2D eigenvalue weighted by molar-refractivity contribution is 0.0691. The van der Waals surface area contributed by atoms with E-state index in [1.54, 1.807) is 0 Å². The quantitative estimate of drug-likeness (QED) is 0.838. The molecule has 0 unspecified atom stereocenters. The van der Waals surface area contributed by atoms with Crippen molar-refractivity contribution < 1.29 is 23.5 Å². The number of aromatic nitrogens is 1. The number of nitrogens with one attached hydrogen (secondary N) is 1. The van der Waals surface area contributed by atoms with Gasteiger partial charge in [0, 0.05) is 11.8 Å². The molecule has 0 aliphatic heterocycles. The van der Waals surface area contributed by atoms with E-state index in [1.807, 2.05) is 0 Å². The monoisotopic (exact) mass is 265 g/mol. The molecule has 2 N–H and O–H groups in total. The Balaban J connectivity index is 2.50. The maximum atomic E-state index is 13.8. The van der Waals surface area contributed by atoms with Crippen molar-refractivity contribution in [2.75, 3.05) is 0 Å². The maximum Gasteiger partial charge on any atom is 0.352 e. The normalized spacial score (nSPS) is 10.5. The molecule has 0 fully saturated rings. The Morgan fingerprint density at radius 3 is 2.53 bits per heavy atom. The number of carboxylic acids is 1. The molecule has 98 valence electrons. The van der Waals surface area contributed by atoms with Gasteiger partial charge in [0.25, 0.3) is 0 Å². The molecule has 19 heavy (non-hydrogen) atoms. The molecule has 6 heteroatoms. The molecule has 2 rings (SSSR count). The maximum absolute atomic E-state index is 13.8. The van der Waals surface area contributed by atoms with E-state index >= 15 is 0 Å². The van der Waals surface area contributed by atoms with Gasteiger partial charge in [0.05, 0.1) is 5.56 Å². The van der Waals surface area contributed by atoms with Gasteiger partial charge in [-0.1, -0.05) is 6.07 Å². The molecule has 2 aromatic rings. The summed E-state index contributed by atoms with van der Waals surface area (Å²) in [6, 6.07) is 3.25. The number of aromatic carboxylic acids is 1. The van der Waals surface area contributed by atoms with Crippen LogP contribution in [0.25, 0.3) is 0 Å². The van der Waals surface area contributed by atoms with Crippen molar-refractivity contribution in [1.29, 1.82) is 0 Å². The first-order chi connectivity index (χ1) is 8.91. The van der Waals surface area contributed by atoms with E-state index in [-0.39, 0.29) is 16.8 Å². The van der Waals surface area contributed by atoms with E-state index in [1.165, 1.54) is 13.0 Å². The van der Waals surface area contributed by atoms with Crippen LogP contribution in [0.5, 0.6) is 0 Å². The summed E-state index contributed by atoms with van der Waals surface area (Å²) in [7, 11) is 0. The van der Waals surface area contributed by atoms with Crippen LogP contribution >= 0.6 is 0 Å². The van der Waals surface area contributed by atoms with Gasteiger partial charge in [0.2, 0.25) is 0 Å². The average molecular weight is 265 g/mol. The molecular formula is C13H9F2NO3. The van der Waals surface area contributed by atoms with Crippen LogP contribution in [0.1, 0.15) is 32.0 Å². The van der Waals surface area contributed by atoms with Crippen LogP contribution in [0, 0.1) is 18.6 Å². The molecule has 0 atom stereocenters. The topological polar surface area (TPSA) is 70.2 Å². The third kappa shape index (κ3) is 2.24. The summed E-state index contributed by atoms with van der Waals surface area (Å²) >= 11 is 0. The number of hydrogen-bond acceptors (Lipinski definition) is 2. The minimum Gasteiger partial charge on any atom is -0.477 e. The van der Waals surface area contributed by atoms with Crippen LogP contribution in [-0.4, -0.2) is 21.8 Å². The van der Waals surface area contributed by atoms with E-state index in [2.05, 4.69) is 4.98 Å². The summed E-state index contributed by atoms with van der Waals surface area (Å²) in [6.07, 6.45) is 1.10. The summed E-state index contributed by atoms with van der Waals surface area (Å²) in [5.74, 6) is -4.08. The van der Waals surface area contributed by atoms with Crippen molar-refractivity contribution in [3.05, 3.63) is 58.4 Å². The smallest absolute Gasteiger partial charge is 0.352 e. The number of rotatable bonds is 3. The number of H-pyrrole nitrogens is 1. The van der Waals surface area contributed by atoms with E-state index in [4.69, 9.17) is 5.11 Å². The van der Waals surface area contributed by atoms with Crippen LogP contribution in [0.3, 0.4) is 0 Å². The molecule has 0 spiro atoms. The van der Waals surface area contributed by atoms with Crippen LogP contribution in [0.15, 0.2) is 24.4 Å². The zero-order chi connectivity index (χ0) is 14.2. The number of benzene rings is 1. The van der Waals surface area contributed by atoms with Crippen LogP contribution < -0.4 is 0 Å². The largest absolute Gasteiger partial charge is 0.477 e. The van der Waals surface area contributed by atoms with Crippen LogP contribution in [0.2, 0.25) is 0 Å². The molecule has 0 bridgehead atoms. The fourth-order valence-electron chi connectivity index (χ4n) is 1.66. The van der Waals surface area contributed by atoms with Gasteiger partial charge in [0.15, 0.2) is 5.78 Å². The average Bonchev–Trinajstić information content (AvgIpc) is 2.84. The number of aromatic amines is 1. The third-order valence-electron chi connectivity index (χ3n) is 2.69. The zero-order valence-corrected chi connectivity index (χ0v) is 9.83. The molecule has 0 aliphatic rings. The van der Waals surface area contributed by atoms with Gasteiger partial charge in [-0.15, -0.1) is 0 Å². The van der Waals surface area contributed by atoms with E-state index in [0.717, 1.165) is 18.3 Å². The number of carboxylic acid groups (broad SMARTS) is 1. The van der Waals surface area contributed by atoms with Crippen molar-refractivity contribution in [3.63, 3.8) is 0 Å². The van der Waals surface area contributed by atoms with Gasteiger partial charge < -0.3 is 10.1 Å². The van der Waals surface area contributed by atoms with Gasteiger partial charge in [0.1, 0.15) is 17.3 Å². The molecule has 0 saturated heterocycles. The predicted octanol–water partition coefficient (Wildman–Crippen LogP) is 2.53. The van der Waals surface area contributed by atoms with Crippen LogP contribution in [-0.2, 0) is 0 Å². The first kappa shape index (κ1) is 12.9. The molecule has 1 aromatic heterocycles. The number of halogens is 2. The van der Waals surface area contributed by atoms with Crippen molar-refractivity contribution in [3.8, 4) is 0 Å². The second-order valence-electron chi connectivity index (χ2n) is 3.99. The molecule has 0 aliphatic carbocycles. The van der Waals surface area contributed by atoms with Crippen LogP contribution in [0.4, 0.5) is 8.78 Å². The Labute approximate surface area is 106 Å². The summed E-state index contributed by atoms with van der Waals surface area (Å²) in [4.78, 5) is 25.0. The Morgan fingerprint density at radius 1 is 1.26 bits per heavy atom. The summed E-state index contributed by atoms with van der Waals surface area (Å²) in [5, 5.41) is 8.71. The van der Waals surface area contributed by atoms with Crippen molar-refractivity contribution in [2.45, 2.75) is 6.92 Å². The first-order valence-electron chi connectivity index (χ1n) is 5.33. The number of carbonyl (C=O) groups is 2. The lowest BCUT2D eigenvalue weighted by atomic mass is 10.0. The first-order valence-corrected chi connectivity index (χ1v) is 5.33. The van der Waals surface area contributed by atoms with E-state index in [9.17, 15) is 18.4 Å². The lowest BCUT2D eigenvalue weighted by Gasteiger charge is -2.04. The summed E-state index contributed by atoms with van der Waals surface area (Å²) in [6.45, 7) is 1.41. The second-order valence-corrected chi connectivity index (χ2v) is 3.99. The predicted molar refractivity (Wildman–Crippen MR) is 62.3 cm³/mol. The third-order valence-corrected chi connectivity index (χ3v) is 2.69. The molecule has 1 aromatic carbocycles. The molecule has 1 heterocycles. The molecule has 0 radical (unpaired) electrons. The Bertz CT molecular complexity index is 677. The summed E-state index contributed by atoms with van der Waals surface area (Å²) in [5.41, 5.74) is -0.882. The second kappa shape index (κ2) is 4.64. The zero-order valence-electron chi connectivity index (χ0n) is 9.83. The summed E-state index contributed by atoms with van der Waals surface area (Å²) < 4.78 is 27.3. The van der Waals surface area contributed by atoms with Gasteiger partial charge in [-0.05, 0) is 24.6 Å². The number of hydrogen-bond donors (Lipinski definition) is 2. The fraction of sp³-hybridized carbons (Fsp3) is 0.0769. The Morgan fingerprint density at radius 2 is 1.95 bits per heavy atom. The number of aryl methyl sites for hydroxylation is 1. The number of carbonyl (C=O) groups excluding carboxylic acids is 1. The Hall–Kier alpha value is -2.50. The van der Waals surface area contributed by atoms with Gasteiger partial charge >= 0.3 is 5.97 Å². The fourth-order valence-corrected chi connectivity index (χ4v) is 1.66. The van der Waals surface area contributed by atoms with Crippen molar-refractivity contribution in [2.24, 2.45) is 0 Å². The van der Waals surface area contributed by atoms with Gasteiger partial charge in [-0.25, -0.2) is 13.6 Å². The molecule has 4 nitrogen and oxygen atoms in total. The van der Waals surface area contributed by atoms with E-state index in [0.29, 0.717) is 0 Å². The van der Waals surface area contributed by atoms with Crippen molar-refractivity contribution in [1.82, 2.24) is 4.98 Å². The molecule has 0 saturated carbocycles. The SMILES string of the molecule is Cc1ccc(F)c(C(=O)c2c[nH]c(C(=O)O)c2)c1F. The highest BCUT2D eigenvalue weighted by Gasteiger charge is 2.22. The minimum absolute atomic E-state index is 0.110. The standard InChI is InChI=1S/C13H9F2NO3/c1-6-2-3-8(14)10(11(6)15)12(17)7-4-9(13(18)19)16-5-7/h2-5,16H,1H3,(H,18,19). The highest BCUT2D eigenvalue weighted by atomic mass is 19.1. The Kier molecular flexibility index (Phi) is 3.16. The molecule has 0 amide bonds. The lowest BCUT2D eigenvalue weighted by Crippen LogP contribution is -2.08. The van der Waals surface area contributed by atoms with E-state index < -0.39 is 29.0 Å². The van der Waals surface area contributed by atoms with Crippen molar-refractivity contribution >= 4 is 11.8 Å². The highest BCUT2D eigenvalue weighted by Crippen LogP contribution is 2.20. The van der Waals surface area contributed by atoms with Gasteiger partial charge in [-0.3, -0.25) is 4.79 Å². The minimum atomic E-state index is -1.26. The molecular weight excluding hydrogens is 256 g/mol. The highest BCUT2D eigenvalue weighted by molar-refractivity contribution is 6.10.